The molecule has 0 atom stereocenters. The molecule has 0 saturated heterocycles. The molecule has 130 valence electrons. The standard InChI is InChI=1S/C16H10ClF4N3O/c17-13-6-5-11(7-12(13)16(19,20)21)22-8-14-23-24-15(25-14)9-1-3-10(18)4-2-9/h1-7,22H,8H2. The highest BCUT2D eigenvalue weighted by Gasteiger charge is 2.33. The minimum atomic E-state index is -4.55. The summed E-state index contributed by atoms with van der Waals surface area (Å²) in [5, 5.41) is 10.00. The van der Waals surface area contributed by atoms with Crippen LogP contribution in [0.15, 0.2) is 46.9 Å². The summed E-state index contributed by atoms with van der Waals surface area (Å²) in [5.74, 6) is -0.0416. The number of rotatable bonds is 4. The van der Waals surface area contributed by atoms with Gasteiger partial charge in [0.15, 0.2) is 0 Å². The van der Waals surface area contributed by atoms with Gasteiger partial charge >= 0.3 is 6.18 Å². The second-order valence-corrected chi connectivity index (χ2v) is 5.46. The molecular formula is C16H10ClF4N3O. The van der Waals surface area contributed by atoms with Crippen molar-refractivity contribution in [3.8, 4) is 11.5 Å². The van der Waals surface area contributed by atoms with Crippen molar-refractivity contribution in [2.75, 3.05) is 5.32 Å². The first-order chi connectivity index (χ1) is 11.8. The van der Waals surface area contributed by atoms with E-state index in [-0.39, 0.29) is 29.0 Å². The van der Waals surface area contributed by atoms with Gasteiger partial charge in [-0.05, 0) is 42.5 Å². The van der Waals surface area contributed by atoms with Crippen molar-refractivity contribution in [3.63, 3.8) is 0 Å². The fraction of sp³-hybridized carbons (Fsp3) is 0.125. The summed E-state index contributed by atoms with van der Waals surface area (Å²) < 4.78 is 56.8. The van der Waals surface area contributed by atoms with Crippen molar-refractivity contribution in [2.24, 2.45) is 0 Å². The van der Waals surface area contributed by atoms with Crippen molar-refractivity contribution in [1.29, 1.82) is 0 Å². The lowest BCUT2D eigenvalue weighted by molar-refractivity contribution is -0.137. The molecule has 0 radical (unpaired) electrons. The molecule has 25 heavy (non-hydrogen) atoms. The van der Waals surface area contributed by atoms with Crippen LogP contribution < -0.4 is 5.32 Å². The molecule has 4 nitrogen and oxygen atoms in total. The van der Waals surface area contributed by atoms with Gasteiger partial charge in [-0.1, -0.05) is 11.6 Å². The van der Waals surface area contributed by atoms with Crippen LogP contribution in [0.2, 0.25) is 5.02 Å². The lowest BCUT2D eigenvalue weighted by atomic mass is 10.2. The number of hydrogen-bond donors (Lipinski definition) is 1. The molecule has 0 amide bonds. The molecule has 1 N–H and O–H groups in total. The van der Waals surface area contributed by atoms with Gasteiger partial charge < -0.3 is 9.73 Å². The van der Waals surface area contributed by atoms with E-state index in [9.17, 15) is 17.6 Å². The highest BCUT2D eigenvalue weighted by atomic mass is 35.5. The fourth-order valence-electron chi connectivity index (χ4n) is 2.06. The third-order valence-electron chi connectivity index (χ3n) is 3.27. The van der Waals surface area contributed by atoms with E-state index in [4.69, 9.17) is 16.0 Å². The number of halogens is 5. The summed E-state index contributed by atoms with van der Waals surface area (Å²) in [6.07, 6.45) is -4.55. The summed E-state index contributed by atoms with van der Waals surface area (Å²) in [5.41, 5.74) is -0.194. The van der Waals surface area contributed by atoms with Gasteiger partial charge in [0.25, 0.3) is 0 Å². The lowest BCUT2D eigenvalue weighted by Crippen LogP contribution is -2.07. The van der Waals surface area contributed by atoms with Gasteiger partial charge in [-0.2, -0.15) is 13.2 Å². The number of alkyl halides is 3. The molecule has 0 spiro atoms. The van der Waals surface area contributed by atoms with Crippen LogP contribution in [-0.2, 0) is 12.7 Å². The van der Waals surface area contributed by atoms with Gasteiger partial charge in [0.2, 0.25) is 11.8 Å². The zero-order chi connectivity index (χ0) is 18.0. The molecule has 0 saturated carbocycles. The molecule has 3 rings (SSSR count). The number of hydrogen-bond acceptors (Lipinski definition) is 4. The third-order valence-corrected chi connectivity index (χ3v) is 3.60. The van der Waals surface area contributed by atoms with Crippen molar-refractivity contribution in [2.45, 2.75) is 12.7 Å². The van der Waals surface area contributed by atoms with Crippen molar-refractivity contribution in [3.05, 3.63) is 64.8 Å². The lowest BCUT2D eigenvalue weighted by Gasteiger charge is -2.11. The highest BCUT2D eigenvalue weighted by Crippen LogP contribution is 2.36. The zero-order valence-electron chi connectivity index (χ0n) is 12.4. The molecule has 0 aliphatic carbocycles. The molecule has 3 aromatic rings. The van der Waals surface area contributed by atoms with E-state index in [0.29, 0.717) is 5.56 Å². The fourth-order valence-corrected chi connectivity index (χ4v) is 2.29. The second-order valence-electron chi connectivity index (χ2n) is 5.05. The number of anilines is 1. The molecule has 0 unspecified atom stereocenters. The normalized spacial score (nSPS) is 11.6. The van der Waals surface area contributed by atoms with Crippen LogP contribution in [-0.4, -0.2) is 10.2 Å². The number of benzene rings is 2. The van der Waals surface area contributed by atoms with Gasteiger partial charge in [0.1, 0.15) is 5.82 Å². The van der Waals surface area contributed by atoms with E-state index >= 15 is 0 Å². The van der Waals surface area contributed by atoms with Gasteiger partial charge in [-0.15, -0.1) is 10.2 Å². The maximum Gasteiger partial charge on any atom is 0.417 e. The molecule has 9 heteroatoms. The summed E-state index contributed by atoms with van der Waals surface area (Å²) in [6, 6.07) is 8.94. The van der Waals surface area contributed by atoms with Crippen LogP contribution in [0, 0.1) is 5.82 Å². The Labute approximate surface area is 144 Å². The van der Waals surface area contributed by atoms with Gasteiger partial charge in [-0.3, -0.25) is 0 Å². The SMILES string of the molecule is Fc1ccc(-c2nnc(CNc3ccc(Cl)c(C(F)(F)F)c3)o2)cc1. The Bertz CT molecular complexity index is 878. The first-order valence-corrected chi connectivity index (χ1v) is 7.39. The quantitative estimate of drug-likeness (QED) is 0.644. The molecule has 0 aliphatic rings. The van der Waals surface area contributed by atoms with Gasteiger partial charge in [0, 0.05) is 11.3 Å². The minimum Gasteiger partial charge on any atom is -0.419 e. The van der Waals surface area contributed by atoms with Crippen LogP contribution in [0.1, 0.15) is 11.5 Å². The zero-order valence-corrected chi connectivity index (χ0v) is 13.2. The Morgan fingerprint density at radius 1 is 1.04 bits per heavy atom. The molecular weight excluding hydrogens is 362 g/mol. The van der Waals surface area contributed by atoms with E-state index < -0.39 is 17.6 Å². The van der Waals surface area contributed by atoms with E-state index in [1.54, 1.807) is 0 Å². The van der Waals surface area contributed by atoms with Crippen molar-refractivity contribution >= 4 is 17.3 Å². The summed E-state index contributed by atoms with van der Waals surface area (Å²) in [7, 11) is 0. The van der Waals surface area contributed by atoms with E-state index in [0.717, 1.165) is 12.1 Å². The average Bonchev–Trinajstić information content (AvgIpc) is 3.02. The van der Waals surface area contributed by atoms with Crippen LogP contribution in [0.4, 0.5) is 23.2 Å². The maximum atomic E-state index is 12.9. The average molecular weight is 372 g/mol. The van der Waals surface area contributed by atoms with Crippen LogP contribution in [0.5, 0.6) is 0 Å². The van der Waals surface area contributed by atoms with E-state index in [2.05, 4.69) is 15.5 Å². The van der Waals surface area contributed by atoms with Crippen LogP contribution in [0.3, 0.4) is 0 Å². The smallest absolute Gasteiger partial charge is 0.417 e. The molecule has 0 aliphatic heterocycles. The Balaban J connectivity index is 1.71. The third kappa shape index (κ3) is 4.08. The molecule has 0 fully saturated rings. The second kappa shape index (κ2) is 6.72. The molecule has 0 bridgehead atoms. The number of nitrogens with zero attached hydrogens (tertiary/aromatic N) is 2. The monoisotopic (exact) mass is 371 g/mol. The Morgan fingerprint density at radius 2 is 1.76 bits per heavy atom. The predicted molar refractivity (Wildman–Crippen MR) is 83.5 cm³/mol. The Morgan fingerprint density at radius 3 is 2.44 bits per heavy atom. The maximum absolute atomic E-state index is 12.9. The van der Waals surface area contributed by atoms with Gasteiger partial charge in [0.05, 0.1) is 17.1 Å². The number of aromatic nitrogens is 2. The van der Waals surface area contributed by atoms with Crippen LogP contribution >= 0.6 is 11.6 Å². The van der Waals surface area contributed by atoms with Crippen molar-refractivity contribution in [1.82, 2.24) is 10.2 Å². The topological polar surface area (TPSA) is 51.0 Å². The van der Waals surface area contributed by atoms with Crippen LogP contribution in [0.25, 0.3) is 11.5 Å². The minimum absolute atomic E-state index is 0.0210. The number of nitrogens with one attached hydrogen (secondary N) is 1. The summed E-state index contributed by atoms with van der Waals surface area (Å²) >= 11 is 5.56. The Hall–Kier alpha value is -2.61. The van der Waals surface area contributed by atoms with E-state index in [1.807, 2.05) is 0 Å². The highest BCUT2D eigenvalue weighted by molar-refractivity contribution is 6.31. The predicted octanol–water partition coefficient (Wildman–Crippen LogP) is 5.16. The summed E-state index contributed by atoms with van der Waals surface area (Å²) in [4.78, 5) is 0. The largest absolute Gasteiger partial charge is 0.419 e. The van der Waals surface area contributed by atoms with Crippen molar-refractivity contribution < 1.29 is 22.0 Å². The Kier molecular flexibility index (Phi) is 4.63. The molecule has 1 aromatic heterocycles. The first-order valence-electron chi connectivity index (χ1n) is 7.02. The molecule has 1 heterocycles. The first kappa shape index (κ1) is 17.2. The van der Waals surface area contributed by atoms with Gasteiger partial charge in [-0.25, -0.2) is 4.39 Å². The van der Waals surface area contributed by atoms with E-state index in [1.165, 1.54) is 30.3 Å². The molecule has 2 aromatic carbocycles. The summed E-state index contributed by atoms with van der Waals surface area (Å²) in [6.45, 7) is 0.0210.